The number of hydrogen-bond donors (Lipinski definition) is 1. The minimum Gasteiger partial charge on any atom is -0.305 e. The van der Waals surface area contributed by atoms with Crippen LogP contribution < -0.4 is 5.32 Å². The van der Waals surface area contributed by atoms with E-state index in [1.807, 2.05) is 13.8 Å². The zero-order valence-electron chi connectivity index (χ0n) is 13.0. The summed E-state index contributed by atoms with van der Waals surface area (Å²) in [6, 6.07) is 0. The van der Waals surface area contributed by atoms with E-state index in [0.29, 0.717) is 6.17 Å². The second kappa shape index (κ2) is 11.5. The molecule has 1 aliphatic rings. The summed E-state index contributed by atoms with van der Waals surface area (Å²) in [5, 5.41) is 3.40. The fraction of sp³-hybridized carbons (Fsp3) is 0.750. The molecule has 0 aromatic heterocycles. The SMILES string of the molecule is CC.CNC1CCCCN1CC/C=C\C=C(C)C. The first kappa shape index (κ1) is 17.4. The van der Waals surface area contributed by atoms with Crippen LogP contribution in [0.4, 0.5) is 0 Å². The second-order valence-electron chi connectivity index (χ2n) is 4.80. The molecule has 1 heterocycles. The Labute approximate surface area is 114 Å². The summed E-state index contributed by atoms with van der Waals surface area (Å²) in [4.78, 5) is 2.57. The van der Waals surface area contributed by atoms with Gasteiger partial charge in [0, 0.05) is 6.54 Å². The van der Waals surface area contributed by atoms with Gasteiger partial charge in [-0.3, -0.25) is 4.90 Å². The third-order valence-electron chi connectivity index (χ3n) is 3.10. The fourth-order valence-electron chi connectivity index (χ4n) is 2.18. The summed E-state index contributed by atoms with van der Waals surface area (Å²) in [5.74, 6) is 0. The van der Waals surface area contributed by atoms with Crippen LogP contribution in [0, 0.1) is 0 Å². The highest BCUT2D eigenvalue weighted by molar-refractivity contribution is 5.08. The lowest BCUT2D eigenvalue weighted by Gasteiger charge is -2.35. The van der Waals surface area contributed by atoms with E-state index in [1.54, 1.807) is 0 Å². The Morgan fingerprint density at radius 2 is 2.00 bits per heavy atom. The second-order valence-corrected chi connectivity index (χ2v) is 4.80. The fourth-order valence-corrected chi connectivity index (χ4v) is 2.18. The third-order valence-corrected chi connectivity index (χ3v) is 3.10. The van der Waals surface area contributed by atoms with Crippen molar-refractivity contribution in [1.82, 2.24) is 10.2 Å². The van der Waals surface area contributed by atoms with Gasteiger partial charge in [0.05, 0.1) is 6.17 Å². The number of likely N-dealkylation sites (tertiary alicyclic amines) is 1. The Morgan fingerprint density at radius 3 is 2.61 bits per heavy atom. The molecule has 1 aliphatic heterocycles. The molecular formula is C16H32N2. The molecular weight excluding hydrogens is 220 g/mol. The highest BCUT2D eigenvalue weighted by Gasteiger charge is 2.19. The summed E-state index contributed by atoms with van der Waals surface area (Å²) in [7, 11) is 2.07. The van der Waals surface area contributed by atoms with Crippen molar-refractivity contribution >= 4 is 0 Å². The topological polar surface area (TPSA) is 15.3 Å². The summed E-state index contributed by atoms with van der Waals surface area (Å²) in [6.45, 7) is 10.7. The minimum atomic E-state index is 0.602. The van der Waals surface area contributed by atoms with Crippen LogP contribution >= 0.6 is 0 Å². The summed E-state index contributed by atoms with van der Waals surface area (Å²) in [6.07, 6.45) is 12.4. The molecule has 1 saturated heterocycles. The highest BCUT2D eigenvalue weighted by atomic mass is 15.3. The number of allylic oxidation sites excluding steroid dienone is 3. The van der Waals surface area contributed by atoms with Gasteiger partial charge < -0.3 is 5.32 Å². The van der Waals surface area contributed by atoms with Crippen molar-refractivity contribution in [2.45, 2.75) is 59.5 Å². The Kier molecular flexibility index (Phi) is 11.1. The van der Waals surface area contributed by atoms with Crippen LogP contribution in [-0.4, -0.2) is 31.2 Å². The average molecular weight is 252 g/mol. The molecule has 18 heavy (non-hydrogen) atoms. The lowest BCUT2D eigenvalue weighted by molar-refractivity contribution is 0.130. The van der Waals surface area contributed by atoms with E-state index in [1.165, 1.54) is 37.9 Å². The zero-order valence-corrected chi connectivity index (χ0v) is 13.0. The first-order valence-corrected chi connectivity index (χ1v) is 7.45. The lowest BCUT2D eigenvalue weighted by atomic mass is 10.1. The van der Waals surface area contributed by atoms with Gasteiger partial charge in [-0.25, -0.2) is 0 Å². The molecule has 0 bridgehead atoms. The molecule has 0 aromatic carbocycles. The van der Waals surface area contributed by atoms with Crippen molar-refractivity contribution in [3.05, 3.63) is 23.8 Å². The molecule has 2 nitrogen and oxygen atoms in total. The van der Waals surface area contributed by atoms with Crippen LogP contribution in [0.3, 0.4) is 0 Å². The van der Waals surface area contributed by atoms with E-state index < -0.39 is 0 Å². The Bertz CT molecular complexity index is 239. The van der Waals surface area contributed by atoms with E-state index in [4.69, 9.17) is 0 Å². The van der Waals surface area contributed by atoms with Crippen molar-refractivity contribution < 1.29 is 0 Å². The van der Waals surface area contributed by atoms with Crippen molar-refractivity contribution in [3.8, 4) is 0 Å². The zero-order chi connectivity index (χ0) is 13.8. The van der Waals surface area contributed by atoms with Crippen molar-refractivity contribution in [1.29, 1.82) is 0 Å². The third kappa shape index (κ3) is 7.67. The molecule has 0 radical (unpaired) electrons. The van der Waals surface area contributed by atoms with Gasteiger partial charge >= 0.3 is 0 Å². The quantitative estimate of drug-likeness (QED) is 0.745. The van der Waals surface area contributed by atoms with Gasteiger partial charge in [0.1, 0.15) is 0 Å². The molecule has 1 atom stereocenters. The molecule has 1 fully saturated rings. The first-order valence-electron chi connectivity index (χ1n) is 7.45. The Hall–Kier alpha value is -0.600. The summed E-state index contributed by atoms with van der Waals surface area (Å²) in [5.41, 5.74) is 1.36. The number of rotatable bonds is 5. The monoisotopic (exact) mass is 252 g/mol. The normalized spacial score (nSPS) is 20.4. The molecule has 0 amide bonds. The molecule has 0 saturated carbocycles. The van der Waals surface area contributed by atoms with Gasteiger partial charge in [-0.15, -0.1) is 0 Å². The maximum atomic E-state index is 3.40. The van der Waals surface area contributed by atoms with Crippen LogP contribution in [0.25, 0.3) is 0 Å². The predicted octanol–water partition coefficient (Wildman–Crippen LogP) is 3.96. The van der Waals surface area contributed by atoms with Gasteiger partial charge in [0.2, 0.25) is 0 Å². The number of nitrogens with one attached hydrogen (secondary N) is 1. The van der Waals surface area contributed by atoms with Crippen molar-refractivity contribution in [2.24, 2.45) is 0 Å². The first-order chi connectivity index (χ1) is 8.74. The van der Waals surface area contributed by atoms with E-state index in [0.717, 1.165) is 6.42 Å². The molecule has 106 valence electrons. The van der Waals surface area contributed by atoms with E-state index >= 15 is 0 Å². The standard InChI is InChI=1S/C14H26N2.C2H6/c1-13(2)9-5-4-7-11-16-12-8-6-10-14(16)15-3;1-2/h4-5,9,14-15H,6-8,10-12H2,1-3H3;1-2H3/b5-4-;. The molecule has 1 unspecified atom stereocenters. The summed E-state index contributed by atoms with van der Waals surface area (Å²) < 4.78 is 0. The van der Waals surface area contributed by atoms with E-state index in [2.05, 4.69) is 49.3 Å². The van der Waals surface area contributed by atoms with Gasteiger partial charge in [-0.05, 0) is 53.1 Å². The maximum Gasteiger partial charge on any atom is 0.0594 e. The molecule has 0 spiro atoms. The average Bonchev–Trinajstić information content (AvgIpc) is 2.41. The van der Waals surface area contributed by atoms with Gasteiger partial charge in [-0.1, -0.05) is 37.6 Å². The molecule has 2 heteroatoms. The highest BCUT2D eigenvalue weighted by Crippen LogP contribution is 2.14. The lowest BCUT2D eigenvalue weighted by Crippen LogP contribution is -2.47. The van der Waals surface area contributed by atoms with Gasteiger partial charge in [0.25, 0.3) is 0 Å². The smallest absolute Gasteiger partial charge is 0.0594 e. The van der Waals surface area contributed by atoms with Crippen LogP contribution in [-0.2, 0) is 0 Å². The van der Waals surface area contributed by atoms with Gasteiger partial charge in [0.15, 0.2) is 0 Å². The van der Waals surface area contributed by atoms with E-state index in [-0.39, 0.29) is 0 Å². The molecule has 0 aliphatic carbocycles. The maximum absolute atomic E-state index is 3.40. The van der Waals surface area contributed by atoms with Crippen LogP contribution in [0.5, 0.6) is 0 Å². The molecule has 0 aromatic rings. The van der Waals surface area contributed by atoms with Crippen molar-refractivity contribution in [2.75, 3.05) is 20.1 Å². The molecule has 1 N–H and O–H groups in total. The minimum absolute atomic E-state index is 0.602. The molecule has 1 rings (SSSR count). The predicted molar refractivity (Wildman–Crippen MR) is 82.8 cm³/mol. The van der Waals surface area contributed by atoms with Crippen LogP contribution in [0.2, 0.25) is 0 Å². The Balaban J connectivity index is 0.00000137. The Morgan fingerprint density at radius 1 is 1.28 bits per heavy atom. The van der Waals surface area contributed by atoms with E-state index in [9.17, 15) is 0 Å². The number of nitrogens with zero attached hydrogens (tertiary/aromatic N) is 1. The number of piperidine rings is 1. The summed E-state index contributed by atoms with van der Waals surface area (Å²) >= 11 is 0. The largest absolute Gasteiger partial charge is 0.305 e. The van der Waals surface area contributed by atoms with Crippen LogP contribution in [0.15, 0.2) is 23.8 Å². The van der Waals surface area contributed by atoms with Crippen molar-refractivity contribution in [3.63, 3.8) is 0 Å². The van der Waals surface area contributed by atoms with Gasteiger partial charge in [-0.2, -0.15) is 0 Å². The number of hydrogen-bond acceptors (Lipinski definition) is 2. The van der Waals surface area contributed by atoms with Crippen LogP contribution in [0.1, 0.15) is 53.4 Å².